The lowest BCUT2D eigenvalue weighted by atomic mass is 10.3. The Morgan fingerprint density at radius 1 is 1.64 bits per heavy atom. The number of aromatic hydroxyl groups is 1. The highest BCUT2D eigenvalue weighted by molar-refractivity contribution is 6.32. The van der Waals surface area contributed by atoms with Crippen molar-refractivity contribution in [3.05, 3.63) is 23.2 Å². The summed E-state index contributed by atoms with van der Waals surface area (Å²) >= 11 is 5.64. The van der Waals surface area contributed by atoms with Crippen molar-refractivity contribution in [2.75, 3.05) is 19.0 Å². The lowest BCUT2D eigenvalue weighted by Crippen LogP contribution is -2.16. The molecule has 0 aliphatic rings. The summed E-state index contributed by atoms with van der Waals surface area (Å²) in [5.74, 6) is -0.286. The van der Waals surface area contributed by atoms with Gasteiger partial charge in [-0.25, -0.2) is 0 Å². The molecule has 1 aromatic rings. The highest BCUT2D eigenvalue weighted by atomic mass is 35.5. The van der Waals surface area contributed by atoms with Crippen LogP contribution >= 0.6 is 11.6 Å². The second kappa shape index (κ2) is 4.83. The molecule has 0 heterocycles. The van der Waals surface area contributed by atoms with Crippen molar-refractivity contribution in [2.45, 2.75) is 0 Å². The first-order valence-corrected chi connectivity index (χ1v) is 4.28. The van der Waals surface area contributed by atoms with Gasteiger partial charge in [-0.3, -0.25) is 4.79 Å². The Hall–Kier alpha value is -1.26. The molecule has 14 heavy (non-hydrogen) atoms. The first-order valence-electron chi connectivity index (χ1n) is 3.91. The van der Waals surface area contributed by atoms with E-state index in [9.17, 15) is 4.79 Å². The van der Waals surface area contributed by atoms with E-state index in [2.05, 4.69) is 10.1 Å². The van der Waals surface area contributed by atoms with Crippen molar-refractivity contribution in [3.8, 4) is 5.75 Å². The summed E-state index contributed by atoms with van der Waals surface area (Å²) in [4.78, 5) is 11.1. The fraction of sp³-hybridized carbons (Fsp3) is 0.222. The van der Waals surface area contributed by atoms with Crippen LogP contribution in [0.3, 0.4) is 0 Å². The van der Waals surface area contributed by atoms with Crippen molar-refractivity contribution >= 4 is 23.2 Å². The molecule has 1 aromatic carbocycles. The van der Waals surface area contributed by atoms with E-state index in [1.807, 2.05) is 0 Å². The van der Waals surface area contributed by atoms with Gasteiger partial charge in [0.25, 0.3) is 0 Å². The molecule has 1 amide bonds. The lowest BCUT2D eigenvalue weighted by molar-refractivity contribution is -0.119. The molecule has 0 atom stereocenters. The minimum absolute atomic E-state index is 0.0154. The molecule has 5 heteroatoms. The lowest BCUT2D eigenvalue weighted by Gasteiger charge is -2.05. The molecule has 0 saturated heterocycles. The minimum atomic E-state index is -0.269. The van der Waals surface area contributed by atoms with Gasteiger partial charge in [0, 0.05) is 12.8 Å². The smallest absolute Gasteiger partial charge is 0.250 e. The highest BCUT2D eigenvalue weighted by Gasteiger charge is 2.03. The molecule has 0 unspecified atom stereocenters. The van der Waals surface area contributed by atoms with Crippen LogP contribution < -0.4 is 5.32 Å². The topological polar surface area (TPSA) is 58.6 Å². The highest BCUT2D eigenvalue weighted by Crippen LogP contribution is 2.25. The number of halogens is 1. The van der Waals surface area contributed by atoms with Crippen LogP contribution in [0.25, 0.3) is 0 Å². The van der Waals surface area contributed by atoms with Crippen molar-refractivity contribution < 1.29 is 14.6 Å². The average Bonchev–Trinajstić information content (AvgIpc) is 2.12. The zero-order chi connectivity index (χ0) is 10.6. The van der Waals surface area contributed by atoms with Crippen molar-refractivity contribution in [1.82, 2.24) is 0 Å². The maximum atomic E-state index is 11.1. The molecule has 0 fully saturated rings. The van der Waals surface area contributed by atoms with Crippen LogP contribution in [-0.2, 0) is 9.53 Å². The maximum absolute atomic E-state index is 11.1. The summed E-state index contributed by atoms with van der Waals surface area (Å²) in [6.07, 6.45) is 0. The Morgan fingerprint density at radius 2 is 2.36 bits per heavy atom. The normalized spacial score (nSPS) is 9.86. The number of nitrogens with one attached hydrogen (secondary N) is 1. The van der Waals surface area contributed by atoms with Gasteiger partial charge in [-0.05, 0) is 18.2 Å². The van der Waals surface area contributed by atoms with Crippen LogP contribution in [-0.4, -0.2) is 24.7 Å². The van der Waals surface area contributed by atoms with Gasteiger partial charge in [-0.1, -0.05) is 11.6 Å². The van der Waals surface area contributed by atoms with Gasteiger partial charge in [0.15, 0.2) is 0 Å². The third-order valence-corrected chi connectivity index (χ3v) is 1.81. The van der Waals surface area contributed by atoms with Gasteiger partial charge >= 0.3 is 0 Å². The number of carbonyl (C=O) groups excluding carboxylic acids is 1. The van der Waals surface area contributed by atoms with E-state index < -0.39 is 0 Å². The molecule has 0 radical (unpaired) electrons. The molecule has 0 aliphatic heterocycles. The zero-order valence-corrected chi connectivity index (χ0v) is 8.34. The van der Waals surface area contributed by atoms with Crippen LogP contribution in [0.15, 0.2) is 18.2 Å². The van der Waals surface area contributed by atoms with Crippen LogP contribution in [0.4, 0.5) is 5.69 Å². The Morgan fingerprint density at radius 3 is 2.93 bits per heavy atom. The Kier molecular flexibility index (Phi) is 3.73. The molecule has 2 N–H and O–H groups in total. The summed E-state index contributed by atoms with van der Waals surface area (Å²) in [6, 6.07) is 4.42. The number of phenols is 1. The second-order valence-corrected chi connectivity index (χ2v) is 3.05. The number of carbonyl (C=O) groups is 1. The Labute approximate surface area is 86.4 Å². The number of phenolic OH excluding ortho intramolecular Hbond substituents is 1. The van der Waals surface area contributed by atoms with E-state index in [0.29, 0.717) is 5.69 Å². The summed E-state index contributed by atoms with van der Waals surface area (Å²) in [5.41, 5.74) is 0.523. The fourth-order valence-corrected chi connectivity index (χ4v) is 1.09. The van der Waals surface area contributed by atoms with Gasteiger partial charge in [0.05, 0.1) is 5.02 Å². The van der Waals surface area contributed by atoms with E-state index in [4.69, 9.17) is 16.7 Å². The van der Waals surface area contributed by atoms with Gasteiger partial charge in [0.1, 0.15) is 12.4 Å². The largest absolute Gasteiger partial charge is 0.506 e. The van der Waals surface area contributed by atoms with Crippen molar-refractivity contribution in [1.29, 1.82) is 0 Å². The Balaban J connectivity index is 2.68. The molecule has 0 aromatic heterocycles. The van der Waals surface area contributed by atoms with Crippen LogP contribution in [0.1, 0.15) is 0 Å². The molecule has 0 saturated carbocycles. The predicted octanol–water partition coefficient (Wildman–Crippen LogP) is 1.63. The van der Waals surface area contributed by atoms with Crippen molar-refractivity contribution in [2.24, 2.45) is 0 Å². The minimum Gasteiger partial charge on any atom is -0.506 e. The summed E-state index contributed by atoms with van der Waals surface area (Å²) in [6.45, 7) is -0.0154. The summed E-state index contributed by atoms with van der Waals surface area (Å²) in [5, 5.41) is 11.9. The summed E-state index contributed by atoms with van der Waals surface area (Å²) in [7, 11) is 1.43. The number of hydrogen-bond acceptors (Lipinski definition) is 3. The number of rotatable bonds is 3. The monoisotopic (exact) mass is 215 g/mol. The van der Waals surface area contributed by atoms with E-state index in [1.165, 1.54) is 19.2 Å². The molecule has 76 valence electrons. The molecular weight excluding hydrogens is 206 g/mol. The molecule has 0 spiro atoms. The number of methoxy groups -OCH3 is 1. The molecular formula is C9H10ClNO3. The molecule has 4 nitrogen and oxygen atoms in total. The predicted molar refractivity (Wildman–Crippen MR) is 53.6 cm³/mol. The quantitative estimate of drug-likeness (QED) is 0.754. The van der Waals surface area contributed by atoms with Gasteiger partial charge in [0.2, 0.25) is 5.91 Å². The third kappa shape index (κ3) is 2.90. The summed E-state index contributed by atoms with van der Waals surface area (Å²) < 4.78 is 4.64. The van der Waals surface area contributed by atoms with E-state index in [-0.39, 0.29) is 23.3 Å². The third-order valence-electron chi connectivity index (χ3n) is 1.51. The van der Waals surface area contributed by atoms with E-state index >= 15 is 0 Å². The fourth-order valence-electron chi connectivity index (χ4n) is 0.913. The second-order valence-electron chi connectivity index (χ2n) is 2.65. The van der Waals surface area contributed by atoms with Gasteiger partial charge in [-0.2, -0.15) is 0 Å². The molecule has 1 rings (SSSR count). The number of hydrogen-bond donors (Lipinski definition) is 2. The van der Waals surface area contributed by atoms with E-state index in [0.717, 1.165) is 0 Å². The average molecular weight is 216 g/mol. The molecule has 0 aliphatic carbocycles. The zero-order valence-electron chi connectivity index (χ0n) is 7.58. The number of benzene rings is 1. The van der Waals surface area contributed by atoms with Crippen LogP contribution in [0.2, 0.25) is 5.02 Å². The number of ether oxygens (including phenoxy) is 1. The number of amides is 1. The first kappa shape index (κ1) is 10.8. The van der Waals surface area contributed by atoms with Gasteiger partial charge in [-0.15, -0.1) is 0 Å². The first-order chi connectivity index (χ1) is 6.63. The van der Waals surface area contributed by atoms with Crippen LogP contribution in [0.5, 0.6) is 5.75 Å². The standard InChI is InChI=1S/C9H10ClNO3/c1-14-5-9(13)11-6-2-3-8(12)7(10)4-6/h2-4,12H,5H2,1H3,(H,11,13). The molecule has 0 bridgehead atoms. The van der Waals surface area contributed by atoms with Crippen molar-refractivity contribution in [3.63, 3.8) is 0 Å². The Bertz CT molecular complexity index is 341. The number of anilines is 1. The van der Waals surface area contributed by atoms with Gasteiger partial charge < -0.3 is 15.2 Å². The maximum Gasteiger partial charge on any atom is 0.250 e. The van der Waals surface area contributed by atoms with Crippen LogP contribution in [0, 0.1) is 0 Å². The van der Waals surface area contributed by atoms with E-state index in [1.54, 1.807) is 6.07 Å². The SMILES string of the molecule is COCC(=O)Nc1ccc(O)c(Cl)c1.